The Hall–Kier alpha value is -1.50. The van der Waals surface area contributed by atoms with Crippen LogP contribution >= 0.6 is 11.8 Å². The van der Waals surface area contributed by atoms with Crippen molar-refractivity contribution >= 4 is 23.6 Å². The molecule has 1 aliphatic carbocycles. The Morgan fingerprint density at radius 1 is 1.38 bits per heavy atom. The number of aromatic nitrogens is 2. The van der Waals surface area contributed by atoms with Crippen molar-refractivity contribution in [3.63, 3.8) is 0 Å². The van der Waals surface area contributed by atoms with Crippen LogP contribution in [0.1, 0.15) is 44.2 Å². The fourth-order valence-corrected chi connectivity index (χ4v) is 4.31. The van der Waals surface area contributed by atoms with Crippen molar-refractivity contribution < 1.29 is 9.59 Å². The number of rotatable bonds is 5. The summed E-state index contributed by atoms with van der Waals surface area (Å²) >= 11 is 1.59. The number of amides is 2. The lowest BCUT2D eigenvalue weighted by Gasteiger charge is -2.36. The summed E-state index contributed by atoms with van der Waals surface area (Å²) in [7, 11) is 1.96. The maximum absolute atomic E-state index is 12.5. The van der Waals surface area contributed by atoms with Crippen LogP contribution in [0.15, 0.2) is 11.4 Å². The molecular formula is C17H26N4O2S. The van der Waals surface area contributed by atoms with Gasteiger partial charge in [0.1, 0.15) is 0 Å². The number of likely N-dealkylation sites (tertiary alicyclic amines) is 1. The van der Waals surface area contributed by atoms with Crippen molar-refractivity contribution in [1.82, 2.24) is 19.8 Å². The fraction of sp³-hybridized carbons (Fsp3) is 0.706. The molecule has 7 heteroatoms. The molecule has 0 aromatic carbocycles. The van der Waals surface area contributed by atoms with Gasteiger partial charge in [0, 0.05) is 26.1 Å². The molecule has 0 unspecified atom stereocenters. The highest BCUT2D eigenvalue weighted by molar-refractivity contribution is 7.98. The molecule has 1 aromatic heterocycles. The number of piperidine rings is 1. The van der Waals surface area contributed by atoms with Crippen molar-refractivity contribution in [2.75, 3.05) is 12.8 Å². The first kappa shape index (κ1) is 17.3. The van der Waals surface area contributed by atoms with E-state index in [1.165, 1.54) is 12.8 Å². The molecule has 6 nitrogen and oxygen atoms in total. The largest absolute Gasteiger partial charge is 0.350 e. The summed E-state index contributed by atoms with van der Waals surface area (Å²) in [5.41, 5.74) is 0.993. The summed E-state index contributed by atoms with van der Waals surface area (Å²) < 4.78 is 2.00. The Morgan fingerprint density at radius 3 is 2.79 bits per heavy atom. The molecule has 1 saturated heterocycles. The molecule has 2 fully saturated rings. The summed E-state index contributed by atoms with van der Waals surface area (Å²) in [5, 5.41) is 3.97. The van der Waals surface area contributed by atoms with Gasteiger partial charge < -0.3 is 14.8 Å². The Morgan fingerprint density at radius 2 is 2.12 bits per heavy atom. The van der Waals surface area contributed by atoms with Gasteiger partial charge in [0.15, 0.2) is 5.16 Å². The summed E-state index contributed by atoms with van der Waals surface area (Å²) in [6.45, 7) is 1.06. The van der Waals surface area contributed by atoms with E-state index in [-0.39, 0.29) is 17.7 Å². The highest BCUT2D eigenvalue weighted by Crippen LogP contribution is 2.28. The highest BCUT2D eigenvalue weighted by atomic mass is 32.2. The summed E-state index contributed by atoms with van der Waals surface area (Å²) in [6, 6.07) is 0.356. The molecule has 1 saturated carbocycles. The molecular weight excluding hydrogens is 324 g/mol. The smallest absolute Gasteiger partial charge is 0.225 e. The molecule has 1 N–H and O–H groups in total. The number of carbonyl (C=O) groups is 2. The van der Waals surface area contributed by atoms with E-state index in [2.05, 4.69) is 10.3 Å². The normalized spacial score (nSPS) is 22.2. The van der Waals surface area contributed by atoms with Gasteiger partial charge in [-0.15, -0.1) is 0 Å². The number of hydrogen-bond donors (Lipinski definition) is 1. The van der Waals surface area contributed by atoms with Crippen LogP contribution in [-0.4, -0.2) is 45.1 Å². The third-order valence-corrected chi connectivity index (χ3v) is 5.99. The molecule has 1 aromatic rings. The molecule has 132 valence electrons. The molecule has 24 heavy (non-hydrogen) atoms. The van der Waals surface area contributed by atoms with Gasteiger partial charge in [-0.25, -0.2) is 4.98 Å². The van der Waals surface area contributed by atoms with Crippen LogP contribution in [0.3, 0.4) is 0 Å². The summed E-state index contributed by atoms with van der Waals surface area (Å²) in [5.74, 6) is 0.191. The molecule has 1 atom stereocenters. The van der Waals surface area contributed by atoms with Crippen molar-refractivity contribution in [1.29, 1.82) is 0 Å². The Bertz CT molecular complexity index is 610. The predicted octanol–water partition coefficient (Wildman–Crippen LogP) is 1.94. The van der Waals surface area contributed by atoms with Crippen molar-refractivity contribution in [2.24, 2.45) is 13.0 Å². The third-order valence-electron chi connectivity index (χ3n) is 5.25. The van der Waals surface area contributed by atoms with Crippen molar-refractivity contribution in [3.8, 4) is 0 Å². The number of carbonyl (C=O) groups excluding carboxylic acids is 2. The second-order valence-corrected chi connectivity index (χ2v) is 7.51. The van der Waals surface area contributed by atoms with E-state index in [0.717, 1.165) is 23.7 Å². The average molecular weight is 350 g/mol. The zero-order valence-electron chi connectivity index (χ0n) is 14.5. The Labute approximate surface area is 147 Å². The SMILES string of the molecule is CSc1ncc(CNC(=O)[C@H]2CCC(=O)N(C3CCCC3)C2)n1C. The van der Waals surface area contributed by atoms with E-state index in [4.69, 9.17) is 0 Å². The van der Waals surface area contributed by atoms with Gasteiger partial charge in [0.05, 0.1) is 24.4 Å². The van der Waals surface area contributed by atoms with Gasteiger partial charge in [-0.3, -0.25) is 9.59 Å². The maximum Gasteiger partial charge on any atom is 0.225 e. The third kappa shape index (κ3) is 3.61. The number of nitrogens with zero attached hydrogens (tertiary/aromatic N) is 3. The van der Waals surface area contributed by atoms with E-state index in [1.807, 2.05) is 22.8 Å². The van der Waals surface area contributed by atoms with Crippen LogP contribution in [-0.2, 0) is 23.2 Å². The van der Waals surface area contributed by atoms with Crippen LogP contribution in [0.25, 0.3) is 0 Å². The van der Waals surface area contributed by atoms with Crippen LogP contribution in [0.2, 0.25) is 0 Å². The van der Waals surface area contributed by atoms with Crippen molar-refractivity contribution in [2.45, 2.75) is 56.3 Å². The lowest BCUT2D eigenvalue weighted by Crippen LogP contribution is -2.49. The van der Waals surface area contributed by atoms with Gasteiger partial charge in [0.2, 0.25) is 11.8 Å². The monoisotopic (exact) mass is 350 g/mol. The van der Waals surface area contributed by atoms with E-state index in [0.29, 0.717) is 32.0 Å². The van der Waals surface area contributed by atoms with E-state index in [9.17, 15) is 9.59 Å². The second kappa shape index (κ2) is 7.59. The first-order valence-corrected chi connectivity index (χ1v) is 9.94. The fourth-order valence-electron chi connectivity index (χ4n) is 3.76. The minimum atomic E-state index is -0.0865. The van der Waals surface area contributed by atoms with Crippen LogP contribution in [0, 0.1) is 5.92 Å². The van der Waals surface area contributed by atoms with Gasteiger partial charge in [0.25, 0.3) is 0 Å². The molecule has 0 bridgehead atoms. The predicted molar refractivity (Wildman–Crippen MR) is 93.5 cm³/mol. The van der Waals surface area contributed by atoms with E-state index in [1.54, 1.807) is 18.0 Å². The van der Waals surface area contributed by atoms with Gasteiger partial charge in [-0.2, -0.15) is 0 Å². The number of thioether (sulfide) groups is 1. The highest BCUT2D eigenvalue weighted by Gasteiger charge is 2.35. The van der Waals surface area contributed by atoms with Gasteiger partial charge in [-0.1, -0.05) is 24.6 Å². The summed E-state index contributed by atoms with van der Waals surface area (Å²) in [6.07, 6.45) is 9.53. The first-order chi connectivity index (χ1) is 11.6. The van der Waals surface area contributed by atoms with Crippen molar-refractivity contribution in [3.05, 3.63) is 11.9 Å². The zero-order valence-corrected chi connectivity index (χ0v) is 15.3. The molecule has 2 heterocycles. The lowest BCUT2D eigenvalue weighted by molar-refractivity contribution is -0.140. The zero-order chi connectivity index (χ0) is 17.1. The minimum absolute atomic E-state index is 0.0531. The second-order valence-electron chi connectivity index (χ2n) is 6.73. The Balaban J connectivity index is 1.56. The Kier molecular flexibility index (Phi) is 5.48. The van der Waals surface area contributed by atoms with Gasteiger partial charge >= 0.3 is 0 Å². The molecule has 0 radical (unpaired) electrons. The molecule has 0 spiro atoms. The van der Waals surface area contributed by atoms with Crippen LogP contribution < -0.4 is 5.32 Å². The summed E-state index contributed by atoms with van der Waals surface area (Å²) in [4.78, 5) is 31.0. The molecule has 3 rings (SSSR count). The molecule has 1 aliphatic heterocycles. The number of imidazole rings is 1. The standard InChI is InChI=1S/C17H26N4O2S/c1-20-14(10-19-17(20)24-2)9-18-16(23)12-7-8-15(22)21(11-12)13-5-3-4-6-13/h10,12-13H,3-9,11H2,1-2H3,(H,18,23)/t12-/m0/s1. The minimum Gasteiger partial charge on any atom is -0.350 e. The average Bonchev–Trinajstić information content (AvgIpc) is 3.23. The van der Waals surface area contributed by atoms with Crippen LogP contribution in [0.5, 0.6) is 0 Å². The number of nitrogens with one attached hydrogen (secondary N) is 1. The lowest BCUT2D eigenvalue weighted by atomic mass is 9.95. The quantitative estimate of drug-likeness (QED) is 0.824. The number of hydrogen-bond acceptors (Lipinski definition) is 4. The first-order valence-electron chi connectivity index (χ1n) is 8.72. The van der Waals surface area contributed by atoms with Gasteiger partial charge in [-0.05, 0) is 25.5 Å². The molecule has 2 aliphatic rings. The van der Waals surface area contributed by atoms with E-state index < -0.39 is 0 Å². The maximum atomic E-state index is 12.5. The topological polar surface area (TPSA) is 67.2 Å². The van der Waals surface area contributed by atoms with E-state index >= 15 is 0 Å². The molecule has 2 amide bonds. The van der Waals surface area contributed by atoms with Crippen LogP contribution in [0.4, 0.5) is 0 Å².